The molecule has 1 unspecified atom stereocenters. The molecule has 0 amide bonds. The maximum atomic E-state index is 10.3. The van der Waals surface area contributed by atoms with Crippen LogP contribution in [0.1, 0.15) is 12.5 Å². The van der Waals surface area contributed by atoms with Crippen LogP contribution in [0.15, 0.2) is 30.3 Å². The third-order valence-electron chi connectivity index (χ3n) is 2.83. The van der Waals surface area contributed by atoms with E-state index >= 15 is 0 Å². The monoisotopic (exact) mass is 229 g/mol. The van der Waals surface area contributed by atoms with Gasteiger partial charge in [-0.25, -0.2) is 0 Å². The van der Waals surface area contributed by atoms with Crippen LogP contribution in [-0.4, -0.2) is 36.5 Å². The highest BCUT2D eigenvalue weighted by atomic mass is 35.5. The molecule has 1 N–H and O–H groups in total. The summed E-state index contributed by atoms with van der Waals surface area (Å²) in [6.07, 6.45) is 0.678. The van der Waals surface area contributed by atoms with Crippen LogP contribution in [0.25, 0.3) is 0 Å². The molecule has 0 aromatic heterocycles. The van der Waals surface area contributed by atoms with E-state index in [1.54, 1.807) is 0 Å². The SMILES string of the molecule is CC(O)(Cc1ccccc1)[N+](C)(C)C.[Cl-]. The van der Waals surface area contributed by atoms with E-state index in [9.17, 15) is 5.11 Å². The number of benzene rings is 1. The third-order valence-corrected chi connectivity index (χ3v) is 2.83. The van der Waals surface area contributed by atoms with E-state index in [0.29, 0.717) is 10.9 Å². The Bertz CT molecular complexity index is 290. The predicted molar refractivity (Wildman–Crippen MR) is 58.8 cm³/mol. The minimum Gasteiger partial charge on any atom is -1.00 e. The lowest BCUT2D eigenvalue weighted by Gasteiger charge is -2.39. The van der Waals surface area contributed by atoms with Crippen molar-refractivity contribution in [3.05, 3.63) is 35.9 Å². The summed E-state index contributed by atoms with van der Waals surface area (Å²) < 4.78 is 0.544. The third kappa shape index (κ3) is 3.82. The molecule has 0 radical (unpaired) electrons. The summed E-state index contributed by atoms with van der Waals surface area (Å²) in [4.78, 5) is 0. The Labute approximate surface area is 98.5 Å². The highest BCUT2D eigenvalue weighted by Gasteiger charge is 2.35. The number of aliphatic hydroxyl groups is 1. The first-order valence-corrected chi connectivity index (χ1v) is 4.91. The van der Waals surface area contributed by atoms with Crippen molar-refractivity contribution in [2.24, 2.45) is 0 Å². The Morgan fingerprint density at radius 3 is 2.00 bits per heavy atom. The van der Waals surface area contributed by atoms with Crippen LogP contribution < -0.4 is 12.4 Å². The largest absolute Gasteiger partial charge is 1.00 e. The number of hydrogen-bond donors (Lipinski definition) is 1. The molecule has 0 aliphatic heterocycles. The molecular weight excluding hydrogens is 210 g/mol. The van der Waals surface area contributed by atoms with Gasteiger partial charge in [-0.15, -0.1) is 0 Å². The average molecular weight is 230 g/mol. The molecule has 0 bridgehead atoms. The predicted octanol–water partition coefficient (Wildman–Crippen LogP) is -1.35. The zero-order valence-electron chi connectivity index (χ0n) is 9.87. The molecule has 1 aromatic carbocycles. The zero-order chi connectivity index (χ0) is 10.8. The van der Waals surface area contributed by atoms with Gasteiger partial charge in [0.15, 0.2) is 0 Å². The summed E-state index contributed by atoms with van der Waals surface area (Å²) in [6.45, 7) is 1.88. The van der Waals surface area contributed by atoms with Crippen molar-refractivity contribution in [2.75, 3.05) is 21.1 Å². The molecule has 1 atom stereocenters. The van der Waals surface area contributed by atoms with Crippen LogP contribution in [0.4, 0.5) is 0 Å². The molecule has 0 fully saturated rings. The van der Waals surface area contributed by atoms with Gasteiger partial charge in [0, 0.05) is 6.92 Å². The van der Waals surface area contributed by atoms with Crippen LogP contribution in [0.3, 0.4) is 0 Å². The molecule has 1 aromatic rings. The molecule has 0 aliphatic carbocycles. The first kappa shape index (κ1) is 14.4. The highest BCUT2D eigenvalue weighted by Crippen LogP contribution is 2.20. The number of halogens is 1. The van der Waals surface area contributed by atoms with Crippen molar-refractivity contribution >= 4 is 0 Å². The quantitative estimate of drug-likeness (QED) is 0.502. The molecule has 0 heterocycles. The van der Waals surface area contributed by atoms with E-state index in [4.69, 9.17) is 0 Å². The number of rotatable bonds is 3. The summed E-state index contributed by atoms with van der Waals surface area (Å²) in [5, 5.41) is 10.3. The smallest absolute Gasteiger partial charge is 0.201 e. The molecule has 0 saturated heterocycles. The van der Waals surface area contributed by atoms with E-state index < -0.39 is 5.72 Å². The summed E-state index contributed by atoms with van der Waals surface area (Å²) in [5.74, 6) is 0. The summed E-state index contributed by atoms with van der Waals surface area (Å²) in [6, 6.07) is 10.1. The molecule has 1 rings (SSSR count). The van der Waals surface area contributed by atoms with Crippen LogP contribution >= 0.6 is 0 Å². The lowest BCUT2D eigenvalue weighted by molar-refractivity contribution is -0.947. The Morgan fingerprint density at radius 2 is 1.60 bits per heavy atom. The minimum atomic E-state index is -0.721. The van der Waals surface area contributed by atoms with Crippen molar-refractivity contribution in [3.63, 3.8) is 0 Å². The lowest BCUT2D eigenvalue weighted by atomic mass is 10.0. The van der Waals surface area contributed by atoms with Gasteiger partial charge in [-0.05, 0) is 5.56 Å². The minimum absolute atomic E-state index is 0. The molecule has 3 heteroatoms. The summed E-state index contributed by atoms with van der Waals surface area (Å²) in [7, 11) is 6.01. The van der Waals surface area contributed by atoms with Crippen LogP contribution in [0.2, 0.25) is 0 Å². The molecule has 15 heavy (non-hydrogen) atoms. The van der Waals surface area contributed by atoms with Gasteiger partial charge >= 0.3 is 0 Å². The van der Waals surface area contributed by atoms with Crippen molar-refractivity contribution in [3.8, 4) is 0 Å². The fraction of sp³-hybridized carbons (Fsp3) is 0.500. The Kier molecular flexibility index (Phi) is 4.78. The van der Waals surface area contributed by atoms with Crippen molar-refractivity contribution in [1.29, 1.82) is 0 Å². The van der Waals surface area contributed by atoms with Gasteiger partial charge in [0.25, 0.3) is 0 Å². The zero-order valence-corrected chi connectivity index (χ0v) is 10.6. The van der Waals surface area contributed by atoms with Crippen LogP contribution in [0, 0.1) is 0 Å². The number of nitrogens with zero attached hydrogens (tertiary/aromatic N) is 1. The van der Waals surface area contributed by atoms with Crippen LogP contribution in [-0.2, 0) is 6.42 Å². The van der Waals surface area contributed by atoms with Gasteiger partial charge in [-0.3, -0.25) is 0 Å². The van der Waals surface area contributed by atoms with Gasteiger partial charge < -0.3 is 22.0 Å². The second kappa shape index (κ2) is 4.97. The fourth-order valence-electron chi connectivity index (χ4n) is 1.22. The maximum absolute atomic E-state index is 10.3. The molecule has 0 spiro atoms. The lowest BCUT2D eigenvalue weighted by Crippen LogP contribution is -3.00. The van der Waals surface area contributed by atoms with Gasteiger partial charge in [0.1, 0.15) is 0 Å². The van der Waals surface area contributed by atoms with E-state index in [1.165, 1.54) is 5.56 Å². The van der Waals surface area contributed by atoms with E-state index in [1.807, 2.05) is 58.4 Å². The topological polar surface area (TPSA) is 20.2 Å². The normalized spacial score (nSPS) is 15.3. The number of hydrogen-bond acceptors (Lipinski definition) is 1. The average Bonchev–Trinajstić information content (AvgIpc) is 2.03. The Morgan fingerprint density at radius 1 is 1.13 bits per heavy atom. The molecular formula is C12H20ClNO. The van der Waals surface area contributed by atoms with Gasteiger partial charge in [0.2, 0.25) is 5.72 Å². The standard InChI is InChI=1S/C12H20NO.ClH/c1-12(14,13(2,3)4)10-11-8-6-5-7-9-11;/h5-9,14H,10H2,1-4H3;1H/q+1;/p-1. The van der Waals surface area contributed by atoms with E-state index in [2.05, 4.69) is 0 Å². The van der Waals surface area contributed by atoms with Crippen LogP contribution in [0.5, 0.6) is 0 Å². The van der Waals surface area contributed by atoms with Gasteiger partial charge in [-0.2, -0.15) is 0 Å². The van der Waals surface area contributed by atoms with Gasteiger partial charge in [-0.1, -0.05) is 30.3 Å². The molecule has 86 valence electrons. The van der Waals surface area contributed by atoms with Crippen molar-refractivity contribution < 1.29 is 22.0 Å². The number of likely N-dealkylation sites (N-methyl/N-ethyl adjacent to an activating group) is 1. The summed E-state index contributed by atoms with van der Waals surface area (Å²) >= 11 is 0. The molecule has 2 nitrogen and oxygen atoms in total. The maximum Gasteiger partial charge on any atom is 0.201 e. The summed E-state index contributed by atoms with van der Waals surface area (Å²) in [5.41, 5.74) is 0.451. The molecule has 0 aliphatic rings. The highest BCUT2D eigenvalue weighted by molar-refractivity contribution is 5.15. The second-order valence-electron chi connectivity index (χ2n) is 4.89. The van der Waals surface area contributed by atoms with E-state index in [0.717, 1.165) is 0 Å². The Hall–Kier alpha value is -0.570. The number of quaternary nitrogens is 1. The van der Waals surface area contributed by atoms with Crippen molar-refractivity contribution in [1.82, 2.24) is 0 Å². The van der Waals surface area contributed by atoms with Crippen molar-refractivity contribution in [2.45, 2.75) is 19.1 Å². The van der Waals surface area contributed by atoms with E-state index in [-0.39, 0.29) is 12.4 Å². The first-order valence-electron chi connectivity index (χ1n) is 4.91. The molecule has 0 saturated carbocycles. The first-order chi connectivity index (χ1) is 6.33. The Balaban J connectivity index is 0.00000196. The second-order valence-corrected chi connectivity index (χ2v) is 4.89. The fourth-order valence-corrected chi connectivity index (χ4v) is 1.22. The van der Waals surface area contributed by atoms with Gasteiger partial charge in [0.05, 0.1) is 27.6 Å².